The van der Waals surface area contributed by atoms with E-state index in [1.165, 1.54) is 18.9 Å². The number of hydrogen-bond donors (Lipinski definition) is 3. The summed E-state index contributed by atoms with van der Waals surface area (Å²) in [4.78, 5) is 14.0. The molecule has 3 aromatic rings. The van der Waals surface area contributed by atoms with Crippen LogP contribution in [0.1, 0.15) is 134 Å². The molecule has 1 aliphatic heterocycles. The van der Waals surface area contributed by atoms with E-state index < -0.39 is 23.7 Å². The molecule has 1 aromatic heterocycles. The van der Waals surface area contributed by atoms with Gasteiger partial charge in [-0.3, -0.25) is 10.2 Å². The van der Waals surface area contributed by atoms with E-state index in [2.05, 4.69) is 10.6 Å². The van der Waals surface area contributed by atoms with E-state index in [0.717, 1.165) is 69.8 Å². The summed E-state index contributed by atoms with van der Waals surface area (Å²) in [7, 11) is 0. The zero-order valence-electron chi connectivity index (χ0n) is 28.6. The van der Waals surface area contributed by atoms with Crippen molar-refractivity contribution in [2.45, 2.75) is 133 Å². The van der Waals surface area contributed by atoms with Gasteiger partial charge in [0, 0.05) is 29.8 Å². The highest BCUT2D eigenvalue weighted by atomic mass is 19.4. The highest BCUT2D eigenvalue weighted by molar-refractivity contribution is 5.95. The van der Waals surface area contributed by atoms with Crippen molar-refractivity contribution in [3.8, 4) is 0 Å². The number of carbonyl (C=O) groups is 1. The Morgan fingerprint density at radius 3 is 2.27 bits per heavy atom. The Morgan fingerprint density at radius 2 is 1.63 bits per heavy atom. The lowest BCUT2D eigenvalue weighted by Gasteiger charge is -2.47. The summed E-state index contributed by atoms with van der Waals surface area (Å²) in [5, 5.41) is 14.8. The minimum Gasteiger partial charge on any atom is -0.345 e. The summed E-state index contributed by atoms with van der Waals surface area (Å²) >= 11 is 0. The molecule has 2 heterocycles. The predicted molar refractivity (Wildman–Crippen MR) is 184 cm³/mol. The third-order valence-electron chi connectivity index (χ3n) is 11.1. The maximum Gasteiger partial charge on any atom is 0.404 e. The lowest BCUT2D eigenvalue weighted by molar-refractivity contribution is -0.174. The summed E-state index contributed by atoms with van der Waals surface area (Å²) in [6.07, 6.45) is 10.4. The second-order valence-electron chi connectivity index (χ2n) is 14.9. The van der Waals surface area contributed by atoms with Gasteiger partial charge in [0.2, 0.25) is 0 Å². The highest BCUT2D eigenvalue weighted by Gasteiger charge is 2.52. The Morgan fingerprint density at radius 1 is 0.939 bits per heavy atom. The van der Waals surface area contributed by atoms with Crippen molar-refractivity contribution in [2.75, 3.05) is 0 Å². The summed E-state index contributed by atoms with van der Waals surface area (Å²) in [6, 6.07) is 13.3. The summed E-state index contributed by atoms with van der Waals surface area (Å²) in [5.41, 5.74) is 2.52. The van der Waals surface area contributed by atoms with Gasteiger partial charge in [-0.05, 0) is 104 Å². The van der Waals surface area contributed by atoms with Crippen molar-refractivity contribution >= 4 is 5.91 Å². The van der Waals surface area contributed by atoms with E-state index in [9.17, 15) is 9.18 Å². The average Bonchev–Trinajstić information content (AvgIpc) is 3.92. The topological polar surface area (TPSA) is 69.9 Å². The molecule has 1 spiro atoms. The molecular formula is C40H50F4N4O. The molecule has 1 saturated heterocycles. The van der Waals surface area contributed by atoms with Gasteiger partial charge < -0.3 is 15.2 Å². The Hall–Kier alpha value is -3.46. The van der Waals surface area contributed by atoms with Gasteiger partial charge in [-0.2, -0.15) is 13.2 Å². The second kappa shape index (κ2) is 15.2. The summed E-state index contributed by atoms with van der Waals surface area (Å²) in [5.74, 6) is -1.31. The summed E-state index contributed by atoms with van der Waals surface area (Å²) < 4.78 is 61.1. The van der Waals surface area contributed by atoms with Gasteiger partial charge in [-0.25, -0.2) is 4.39 Å². The van der Waals surface area contributed by atoms with Crippen LogP contribution in [0.2, 0.25) is 0 Å². The Bertz CT molecular complexity index is 1650. The Balaban J connectivity index is 1.33. The van der Waals surface area contributed by atoms with E-state index >= 15 is 13.2 Å². The van der Waals surface area contributed by atoms with E-state index in [0.29, 0.717) is 35.1 Å². The van der Waals surface area contributed by atoms with Crippen LogP contribution >= 0.6 is 0 Å². The van der Waals surface area contributed by atoms with Crippen LogP contribution in [-0.4, -0.2) is 28.2 Å². The molecule has 3 aliphatic rings. The van der Waals surface area contributed by atoms with Crippen molar-refractivity contribution in [1.29, 1.82) is 5.41 Å². The maximum absolute atomic E-state index is 15.1. The first-order valence-corrected chi connectivity index (χ1v) is 18.3. The highest BCUT2D eigenvalue weighted by Crippen LogP contribution is 2.45. The van der Waals surface area contributed by atoms with Crippen LogP contribution in [0.5, 0.6) is 0 Å². The number of aryl methyl sites for hydroxylation is 1. The molecule has 2 aromatic carbocycles. The average molecular weight is 679 g/mol. The Kier molecular flexibility index (Phi) is 11.0. The molecule has 264 valence electrons. The lowest BCUT2D eigenvalue weighted by Crippen LogP contribution is -2.61. The SMILES string of the molecule is Cc1cc([C@@H](NC(=O)c2cc(Cn3ccccc3=N)cc(C3CCC4(CCCCCCCCCC4)NC3C(F)(F)F)c2)C2CC2)ccc1F. The van der Waals surface area contributed by atoms with Crippen molar-refractivity contribution in [3.05, 3.63) is 99.9 Å². The number of carbonyl (C=O) groups excluding carboxylic acids is 1. The van der Waals surface area contributed by atoms with Crippen LogP contribution in [0.3, 0.4) is 0 Å². The monoisotopic (exact) mass is 678 g/mol. The van der Waals surface area contributed by atoms with Gasteiger partial charge in [0.1, 0.15) is 17.3 Å². The molecule has 2 saturated carbocycles. The van der Waals surface area contributed by atoms with E-state index in [-0.39, 0.29) is 35.7 Å². The number of nitrogens with one attached hydrogen (secondary N) is 3. The van der Waals surface area contributed by atoms with Crippen LogP contribution in [0, 0.1) is 24.1 Å². The van der Waals surface area contributed by atoms with Gasteiger partial charge in [0.15, 0.2) is 0 Å². The smallest absolute Gasteiger partial charge is 0.345 e. The molecule has 6 rings (SSSR count). The van der Waals surface area contributed by atoms with Crippen molar-refractivity contribution in [1.82, 2.24) is 15.2 Å². The molecule has 3 fully saturated rings. The molecule has 3 N–H and O–H groups in total. The first-order chi connectivity index (χ1) is 23.5. The predicted octanol–water partition coefficient (Wildman–Crippen LogP) is 9.40. The van der Waals surface area contributed by atoms with Crippen LogP contribution in [0.4, 0.5) is 17.6 Å². The van der Waals surface area contributed by atoms with Crippen LogP contribution in [0.15, 0.2) is 60.8 Å². The van der Waals surface area contributed by atoms with Gasteiger partial charge in [-0.1, -0.05) is 75.6 Å². The molecule has 49 heavy (non-hydrogen) atoms. The number of amides is 1. The first-order valence-electron chi connectivity index (χ1n) is 18.3. The number of halogens is 4. The second-order valence-corrected chi connectivity index (χ2v) is 14.9. The summed E-state index contributed by atoms with van der Waals surface area (Å²) in [6.45, 7) is 1.94. The van der Waals surface area contributed by atoms with Crippen LogP contribution < -0.4 is 16.1 Å². The third-order valence-corrected chi connectivity index (χ3v) is 11.1. The fourth-order valence-electron chi connectivity index (χ4n) is 8.23. The zero-order chi connectivity index (χ0) is 34.6. The fraction of sp³-hybridized carbons (Fsp3) is 0.550. The molecule has 1 amide bonds. The molecule has 0 bridgehead atoms. The molecule has 2 unspecified atom stereocenters. The van der Waals surface area contributed by atoms with Gasteiger partial charge in [0.25, 0.3) is 5.91 Å². The van der Waals surface area contributed by atoms with Gasteiger partial charge >= 0.3 is 6.18 Å². The number of piperidine rings is 1. The molecule has 0 radical (unpaired) electrons. The molecule has 5 nitrogen and oxygen atoms in total. The van der Waals surface area contributed by atoms with E-state index in [1.54, 1.807) is 60.2 Å². The third kappa shape index (κ3) is 8.83. The number of benzene rings is 2. The zero-order valence-corrected chi connectivity index (χ0v) is 28.6. The largest absolute Gasteiger partial charge is 0.404 e. The van der Waals surface area contributed by atoms with Crippen molar-refractivity contribution < 1.29 is 22.4 Å². The molecule has 2 aliphatic carbocycles. The number of rotatable bonds is 7. The lowest BCUT2D eigenvalue weighted by atomic mass is 9.72. The Labute approximate surface area is 287 Å². The number of nitrogens with zero attached hydrogens (tertiary/aromatic N) is 1. The standard InChI is InChI=1S/C40H50F4N4O/c1-27-22-30(15-16-34(27)41)36(29-13-14-29)46-38(49)32-24-28(26-48-21-11-8-12-35(48)45)23-31(25-32)33-17-20-39(47-37(33)40(42,43)44)18-9-6-4-2-3-5-7-10-19-39/h8,11-12,15-16,21-25,29,33,36-37,45,47H,2-7,9-10,13-14,17-20,26H2,1H3,(H,46,49)/t33?,36-,37?/m0/s1. The minimum absolute atomic E-state index is 0.220. The van der Waals surface area contributed by atoms with E-state index in [1.807, 2.05) is 6.07 Å². The minimum atomic E-state index is -4.47. The van der Waals surface area contributed by atoms with Gasteiger partial charge in [-0.15, -0.1) is 0 Å². The van der Waals surface area contributed by atoms with Crippen LogP contribution in [0.25, 0.3) is 0 Å². The number of aromatic nitrogens is 1. The van der Waals surface area contributed by atoms with Crippen molar-refractivity contribution in [3.63, 3.8) is 0 Å². The van der Waals surface area contributed by atoms with Gasteiger partial charge in [0.05, 0.1) is 6.04 Å². The van der Waals surface area contributed by atoms with E-state index in [4.69, 9.17) is 5.41 Å². The number of pyridine rings is 1. The quantitative estimate of drug-likeness (QED) is 0.218. The van der Waals surface area contributed by atoms with Crippen LogP contribution in [-0.2, 0) is 6.54 Å². The van der Waals surface area contributed by atoms with Crippen molar-refractivity contribution in [2.24, 2.45) is 5.92 Å². The maximum atomic E-state index is 15.1. The first kappa shape index (κ1) is 35.4. The fourth-order valence-corrected chi connectivity index (χ4v) is 8.23. The number of alkyl halides is 3. The molecular weight excluding hydrogens is 628 g/mol. The molecule has 3 atom stereocenters. The normalized spacial score (nSPS) is 22.6. The molecule has 9 heteroatoms. The number of hydrogen-bond acceptors (Lipinski definition) is 3.